The molecule has 0 saturated heterocycles. The number of rotatable bonds is 4. The van der Waals surface area contributed by atoms with Gasteiger partial charge in [-0.3, -0.25) is 4.98 Å². The standard InChI is InChI=1S/C17H22N2O/c1-17(2,3)15-9-6-7-13(16(15)20)11-18-12-14-8-4-5-10-19-14/h4-10,18,20H,11-12H2,1-3H3. The van der Waals surface area contributed by atoms with E-state index >= 15 is 0 Å². The lowest BCUT2D eigenvalue weighted by atomic mass is 9.85. The van der Waals surface area contributed by atoms with Crippen LogP contribution in [0.3, 0.4) is 0 Å². The number of para-hydroxylation sites is 1. The molecule has 3 heteroatoms. The van der Waals surface area contributed by atoms with Crippen LogP contribution in [0.5, 0.6) is 5.75 Å². The zero-order valence-electron chi connectivity index (χ0n) is 12.4. The highest BCUT2D eigenvalue weighted by Gasteiger charge is 2.19. The van der Waals surface area contributed by atoms with Crippen molar-refractivity contribution >= 4 is 0 Å². The highest BCUT2D eigenvalue weighted by molar-refractivity contribution is 5.43. The smallest absolute Gasteiger partial charge is 0.123 e. The van der Waals surface area contributed by atoms with Crippen LogP contribution in [0.15, 0.2) is 42.6 Å². The second kappa shape index (κ2) is 6.06. The lowest BCUT2D eigenvalue weighted by molar-refractivity contribution is 0.437. The number of nitrogens with one attached hydrogen (secondary N) is 1. The monoisotopic (exact) mass is 270 g/mol. The zero-order chi connectivity index (χ0) is 14.6. The molecule has 1 aromatic heterocycles. The van der Waals surface area contributed by atoms with Crippen molar-refractivity contribution in [3.63, 3.8) is 0 Å². The first-order valence-electron chi connectivity index (χ1n) is 6.90. The van der Waals surface area contributed by atoms with Crippen LogP contribution in [0.2, 0.25) is 0 Å². The molecule has 0 atom stereocenters. The van der Waals surface area contributed by atoms with E-state index in [0.717, 1.165) is 16.8 Å². The van der Waals surface area contributed by atoms with Gasteiger partial charge in [0, 0.05) is 24.8 Å². The first-order chi connectivity index (χ1) is 9.48. The van der Waals surface area contributed by atoms with Crippen molar-refractivity contribution in [3.05, 3.63) is 59.4 Å². The molecule has 0 amide bonds. The van der Waals surface area contributed by atoms with Crippen molar-refractivity contribution in [2.24, 2.45) is 0 Å². The SMILES string of the molecule is CC(C)(C)c1cccc(CNCc2ccccn2)c1O. The van der Waals surface area contributed by atoms with Gasteiger partial charge >= 0.3 is 0 Å². The minimum Gasteiger partial charge on any atom is -0.507 e. The molecule has 2 aromatic rings. The van der Waals surface area contributed by atoms with E-state index in [1.54, 1.807) is 6.20 Å². The maximum absolute atomic E-state index is 10.4. The molecular weight excluding hydrogens is 248 g/mol. The summed E-state index contributed by atoms with van der Waals surface area (Å²) in [6.45, 7) is 7.64. The molecular formula is C17H22N2O. The third-order valence-corrected chi connectivity index (χ3v) is 3.28. The van der Waals surface area contributed by atoms with Gasteiger partial charge in [0.05, 0.1) is 5.69 Å². The van der Waals surface area contributed by atoms with Gasteiger partial charge in [-0.1, -0.05) is 45.0 Å². The van der Waals surface area contributed by atoms with E-state index in [1.165, 1.54) is 0 Å². The number of aromatic hydroxyl groups is 1. The Morgan fingerprint density at radius 3 is 2.50 bits per heavy atom. The minimum atomic E-state index is -0.0545. The lowest BCUT2D eigenvalue weighted by Gasteiger charge is -2.22. The molecule has 0 spiro atoms. The number of hydrogen-bond donors (Lipinski definition) is 2. The van der Waals surface area contributed by atoms with Crippen LogP contribution in [0.25, 0.3) is 0 Å². The predicted molar refractivity (Wildman–Crippen MR) is 81.6 cm³/mol. The molecule has 1 aromatic carbocycles. The summed E-state index contributed by atoms with van der Waals surface area (Å²) < 4.78 is 0. The average Bonchev–Trinajstić information content (AvgIpc) is 2.40. The number of hydrogen-bond acceptors (Lipinski definition) is 3. The Hall–Kier alpha value is -1.87. The van der Waals surface area contributed by atoms with E-state index in [0.29, 0.717) is 18.8 Å². The maximum atomic E-state index is 10.4. The van der Waals surface area contributed by atoms with Crippen molar-refractivity contribution in [1.29, 1.82) is 0 Å². The van der Waals surface area contributed by atoms with E-state index in [9.17, 15) is 5.11 Å². The Morgan fingerprint density at radius 2 is 1.85 bits per heavy atom. The van der Waals surface area contributed by atoms with Gasteiger partial charge in [-0.2, -0.15) is 0 Å². The number of phenolic OH excluding ortho intramolecular Hbond substituents is 1. The summed E-state index contributed by atoms with van der Waals surface area (Å²) in [6, 6.07) is 11.8. The van der Waals surface area contributed by atoms with Gasteiger partial charge in [0.1, 0.15) is 5.75 Å². The number of aromatic nitrogens is 1. The van der Waals surface area contributed by atoms with Crippen LogP contribution < -0.4 is 5.32 Å². The summed E-state index contributed by atoms with van der Waals surface area (Å²) in [6.07, 6.45) is 1.79. The largest absolute Gasteiger partial charge is 0.507 e. The van der Waals surface area contributed by atoms with Crippen molar-refractivity contribution < 1.29 is 5.11 Å². The molecule has 0 aliphatic heterocycles. The van der Waals surface area contributed by atoms with Crippen LogP contribution in [0.1, 0.15) is 37.6 Å². The maximum Gasteiger partial charge on any atom is 0.123 e. The van der Waals surface area contributed by atoms with Crippen LogP contribution in [0, 0.1) is 0 Å². The summed E-state index contributed by atoms with van der Waals surface area (Å²) in [7, 11) is 0. The van der Waals surface area contributed by atoms with Gasteiger partial charge in [0.15, 0.2) is 0 Å². The summed E-state index contributed by atoms with van der Waals surface area (Å²) in [4.78, 5) is 4.26. The van der Waals surface area contributed by atoms with Gasteiger partial charge in [0.25, 0.3) is 0 Å². The quantitative estimate of drug-likeness (QED) is 0.895. The van der Waals surface area contributed by atoms with Crippen LogP contribution in [0.4, 0.5) is 0 Å². The molecule has 0 fully saturated rings. The van der Waals surface area contributed by atoms with Gasteiger partial charge in [-0.05, 0) is 23.1 Å². The van der Waals surface area contributed by atoms with Gasteiger partial charge in [0.2, 0.25) is 0 Å². The Bertz CT molecular complexity index is 559. The molecule has 3 nitrogen and oxygen atoms in total. The first kappa shape index (κ1) is 14.5. The Morgan fingerprint density at radius 1 is 1.05 bits per heavy atom. The van der Waals surface area contributed by atoms with Gasteiger partial charge in [-0.25, -0.2) is 0 Å². The molecule has 1 heterocycles. The number of phenols is 1. The van der Waals surface area contributed by atoms with Crippen molar-refractivity contribution in [3.8, 4) is 5.75 Å². The van der Waals surface area contributed by atoms with E-state index in [2.05, 4.69) is 31.1 Å². The Labute approximate surface area is 120 Å². The third kappa shape index (κ3) is 3.58. The lowest BCUT2D eigenvalue weighted by Crippen LogP contribution is -2.16. The minimum absolute atomic E-state index is 0.0545. The second-order valence-corrected chi connectivity index (χ2v) is 5.99. The predicted octanol–water partition coefficient (Wildman–Crippen LogP) is 3.37. The molecule has 0 bridgehead atoms. The molecule has 0 unspecified atom stereocenters. The van der Waals surface area contributed by atoms with E-state index in [-0.39, 0.29) is 5.41 Å². The summed E-state index contributed by atoms with van der Waals surface area (Å²) >= 11 is 0. The second-order valence-electron chi connectivity index (χ2n) is 5.99. The fraction of sp³-hybridized carbons (Fsp3) is 0.353. The van der Waals surface area contributed by atoms with Crippen molar-refractivity contribution in [1.82, 2.24) is 10.3 Å². The molecule has 0 aliphatic rings. The third-order valence-electron chi connectivity index (χ3n) is 3.28. The van der Waals surface area contributed by atoms with Crippen LogP contribution in [-0.2, 0) is 18.5 Å². The molecule has 0 radical (unpaired) electrons. The summed E-state index contributed by atoms with van der Waals surface area (Å²) in [5.74, 6) is 0.397. The number of nitrogens with zero attached hydrogens (tertiary/aromatic N) is 1. The number of pyridine rings is 1. The van der Waals surface area contributed by atoms with Crippen LogP contribution >= 0.6 is 0 Å². The number of benzene rings is 1. The van der Waals surface area contributed by atoms with E-state index in [4.69, 9.17) is 0 Å². The molecule has 20 heavy (non-hydrogen) atoms. The topological polar surface area (TPSA) is 45.2 Å². The molecule has 2 N–H and O–H groups in total. The molecule has 2 rings (SSSR count). The summed E-state index contributed by atoms with van der Waals surface area (Å²) in [5.41, 5.74) is 2.85. The first-order valence-corrected chi connectivity index (χ1v) is 6.90. The Balaban J connectivity index is 2.04. The van der Waals surface area contributed by atoms with Gasteiger partial charge < -0.3 is 10.4 Å². The molecule has 106 valence electrons. The fourth-order valence-electron chi connectivity index (χ4n) is 2.17. The van der Waals surface area contributed by atoms with Crippen molar-refractivity contribution in [2.45, 2.75) is 39.3 Å². The van der Waals surface area contributed by atoms with E-state index in [1.807, 2.05) is 36.4 Å². The molecule has 0 aliphatic carbocycles. The average molecular weight is 270 g/mol. The normalized spacial score (nSPS) is 11.6. The summed E-state index contributed by atoms with van der Waals surface area (Å²) in [5, 5.41) is 13.7. The zero-order valence-corrected chi connectivity index (χ0v) is 12.4. The molecule has 0 saturated carbocycles. The van der Waals surface area contributed by atoms with Crippen molar-refractivity contribution in [2.75, 3.05) is 0 Å². The van der Waals surface area contributed by atoms with Gasteiger partial charge in [-0.15, -0.1) is 0 Å². The highest BCUT2D eigenvalue weighted by Crippen LogP contribution is 2.32. The highest BCUT2D eigenvalue weighted by atomic mass is 16.3. The van der Waals surface area contributed by atoms with E-state index < -0.39 is 0 Å². The fourth-order valence-corrected chi connectivity index (χ4v) is 2.17. The Kier molecular flexibility index (Phi) is 4.40. The van der Waals surface area contributed by atoms with Crippen LogP contribution in [-0.4, -0.2) is 10.1 Å².